The standard InChI is InChI=1S/C29H38N6O7S/c1-17(33-27(39)21(30)14-19-8-10-20(11-9-19)25(31)37)26(38)32-16-24(36)34-23(15-18-6-4-3-5-7-18)28(40)35-22(29(41)42)12-13-43-2/h3-11,17,21-23H,12-16,30H2,1-2H3,(H2,31,37)(H,32,38)(H,33,39)(H,34,36)(H,35,40)(H,41,42)/t17-,21+,22+,23+/m1/s1. The lowest BCUT2D eigenvalue weighted by Gasteiger charge is -2.22. The van der Waals surface area contributed by atoms with Gasteiger partial charge in [0.1, 0.15) is 18.1 Å². The van der Waals surface area contributed by atoms with Gasteiger partial charge in [0.05, 0.1) is 12.6 Å². The molecule has 0 aromatic heterocycles. The van der Waals surface area contributed by atoms with Crippen molar-refractivity contribution in [3.63, 3.8) is 0 Å². The highest BCUT2D eigenvalue weighted by Crippen LogP contribution is 2.08. The number of hydrogen-bond acceptors (Lipinski definition) is 8. The summed E-state index contributed by atoms with van der Waals surface area (Å²) in [6.45, 7) is 0.927. The van der Waals surface area contributed by atoms with E-state index in [4.69, 9.17) is 11.5 Å². The van der Waals surface area contributed by atoms with Gasteiger partial charge in [-0.1, -0.05) is 42.5 Å². The zero-order chi connectivity index (χ0) is 31.9. The van der Waals surface area contributed by atoms with Crippen molar-refractivity contribution < 1.29 is 33.9 Å². The Morgan fingerprint density at radius 1 is 0.814 bits per heavy atom. The number of hydrogen-bond donors (Lipinski definition) is 7. The predicted molar refractivity (Wildman–Crippen MR) is 162 cm³/mol. The highest BCUT2D eigenvalue weighted by molar-refractivity contribution is 7.98. The van der Waals surface area contributed by atoms with Gasteiger partial charge in [-0.15, -0.1) is 0 Å². The van der Waals surface area contributed by atoms with Crippen molar-refractivity contribution in [2.45, 2.75) is 50.4 Å². The third-order valence-corrected chi connectivity index (χ3v) is 7.01. The number of aliphatic carboxylic acids is 1. The molecule has 4 atom stereocenters. The SMILES string of the molecule is CSCC[C@H](NC(=O)[C@H](Cc1ccccc1)NC(=O)CNC(=O)[C@@H](C)NC(=O)[C@@H](N)Cc1ccc(C(N)=O)cc1)C(=O)O. The van der Waals surface area contributed by atoms with Crippen LogP contribution in [-0.2, 0) is 36.8 Å². The third-order valence-electron chi connectivity index (χ3n) is 6.37. The maximum absolute atomic E-state index is 13.0. The molecule has 0 aliphatic rings. The Morgan fingerprint density at radius 3 is 2.02 bits per heavy atom. The van der Waals surface area contributed by atoms with E-state index in [1.807, 2.05) is 6.26 Å². The maximum Gasteiger partial charge on any atom is 0.326 e. The summed E-state index contributed by atoms with van der Waals surface area (Å²) >= 11 is 1.44. The van der Waals surface area contributed by atoms with Crippen molar-refractivity contribution in [3.05, 3.63) is 71.3 Å². The largest absolute Gasteiger partial charge is 0.480 e. The predicted octanol–water partition coefficient (Wildman–Crippen LogP) is -0.674. The zero-order valence-corrected chi connectivity index (χ0v) is 24.8. The number of primary amides is 1. The molecule has 9 N–H and O–H groups in total. The Kier molecular flexibility index (Phi) is 14.2. The fraction of sp³-hybridized carbons (Fsp3) is 0.379. The molecule has 0 unspecified atom stereocenters. The number of carbonyl (C=O) groups excluding carboxylic acids is 5. The molecule has 0 fully saturated rings. The van der Waals surface area contributed by atoms with Crippen molar-refractivity contribution in [1.82, 2.24) is 21.3 Å². The molecule has 43 heavy (non-hydrogen) atoms. The van der Waals surface area contributed by atoms with Crippen LogP contribution in [0.2, 0.25) is 0 Å². The van der Waals surface area contributed by atoms with Crippen LogP contribution >= 0.6 is 11.8 Å². The summed E-state index contributed by atoms with van der Waals surface area (Å²) in [5, 5.41) is 19.4. The van der Waals surface area contributed by atoms with E-state index in [1.54, 1.807) is 42.5 Å². The molecule has 0 saturated carbocycles. The molecule has 2 rings (SSSR count). The highest BCUT2D eigenvalue weighted by atomic mass is 32.2. The second-order valence-electron chi connectivity index (χ2n) is 9.81. The van der Waals surface area contributed by atoms with Gasteiger partial charge in [-0.3, -0.25) is 24.0 Å². The number of thioether (sulfide) groups is 1. The van der Waals surface area contributed by atoms with Crippen LogP contribution in [0.5, 0.6) is 0 Å². The lowest BCUT2D eigenvalue weighted by molar-refractivity contribution is -0.142. The zero-order valence-electron chi connectivity index (χ0n) is 24.0. The summed E-state index contributed by atoms with van der Waals surface area (Å²) in [5.41, 5.74) is 12.9. The summed E-state index contributed by atoms with van der Waals surface area (Å²) in [7, 11) is 0. The van der Waals surface area contributed by atoms with E-state index in [9.17, 15) is 33.9 Å². The Hall–Kier alpha value is -4.43. The highest BCUT2D eigenvalue weighted by Gasteiger charge is 2.27. The van der Waals surface area contributed by atoms with Gasteiger partial charge >= 0.3 is 5.97 Å². The Bertz CT molecular complexity index is 1280. The minimum Gasteiger partial charge on any atom is -0.480 e. The number of benzene rings is 2. The summed E-state index contributed by atoms with van der Waals surface area (Å²) in [6, 6.07) is 10.9. The monoisotopic (exact) mass is 614 g/mol. The molecular formula is C29H38N6O7S. The van der Waals surface area contributed by atoms with Crippen LogP contribution in [0.25, 0.3) is 0 Å². The first kappa shape index (κ1) is 34.8. The van der Waals surface area contributed by atoms with E-state index in [0.29, 0.717) is 16.9 Å². The minimum absolute atomic E-state index is 0.0941. The molecule has 5 amide bonds. The summed E-state index contributed by atoms with van der Waals surface area (Å²) < 4.78 is 0. The molecule has 2 aromatic rings. The van der Waals surface area contributed by atoms with Crippen molar-refractivity contribution in [2.24, 2.45) is 11.5 Å². The molecule has 0 bridgehead atoms. The minimum atomic E-state index is -1.18. The van der Waals surface area contributed by atoms with Crippen LogP contribution in [0.3, 0.4) is 0 Å². The maximum atomic E-state index is 13.0. The molecule has 0 saturated heterocycles. The molecule has 14 heteroatoms. The molecular weight excluding hydrogens is 576 g/mol. The molecule has 13 nitrogen and oxygen atoms in total. The van der Waals surface area contributed by atoms with E-state index in [1.165, 1.54) is 30.8 Å². The smallest absolute Gasteiger partial charge is 0.326 e. The van der Waals surface area contributed by atoms with Gasteiger partial charge in [-0.05, 0) is 55.0 Å². The topological polar surface area (TPSA) is 223 Å². The van der Waals surface area contributed by atoms with Crippen molar-refractivity contribution >= 4 is 47.3 Å². The summed E-state index contributed by atoms with van der Waals surface area (Å²) in [5.74, 6) is -3.86. The first-order valence-electron chi connectivity index (χ1n) is 13.5. The summed E-state index contributed by atoms with van der Waals surface area (Å²) in [6.07, 6.45) is 2.27. The Morgan fingerprint density at radius 2 is 1.44 bits per heavy atom. The van der Waals surface area contributed by atoms with Gasteiger partial charge in [-0.2, -0.15) is 11.8 Å². The second-order valence-corrected chi connectivity index (χ2v) is 10.8. The number of rotatable bonds is 17. The van der Waals surface area contributed by atoms with Crippen molar-refractivity contribution in [1.29, 1.82) is 0 Å². The number of carboxylic acid groups (broad SMARTS) is 1. The van der Waals surface area contributed by atoms with Crippen LogP contribution in [-0.4, -0.2) is 83.3 Å². The average molecular weight is 615 g/mol. The fourth-order valence-corrected chi connectivity index (χ4v) is 4.40. The first-order valence-corrected chi connectivity index (χ1v) is 14.9. The van der Waals surface area contributed by atoms with Crippen LogP contribution < -0.4 is 32.7 Å². The third kappa shape index (κ3) is 12.1. The Balaban J connectivity index is 1.93. The normalized spacial score (nSPS) is 13.5. The van der Waals surface area contributed by atoms with Gasteiger partial charge in [0.15, 0.2) is 0 Å². The van der Waals surface area contributed by atoms with Crippen LogP contribution in [0.4, 0.5) is 0 Å². The lowest BCUT2D eigenvalue weighted by atomic mass is 10.0. The van der Waals surface area contributed by atoms with E-state index in [-0.39, 0.29) is 19.3 Å². The van der Waals surface area contributed by atoms with E-state index in [0.717, 1.165) is 5.56 Å². The van der Waals surface area contributed by atoms with Gasteiger partial charge in [-0.25, -0.2) is 4.79 Å². The molecule has 0 spiro atoms. The second kappa shape index (κ2) is 17.5. The molecule has 0 aliphatic carbocycles. The summed E-state index contributed by atoms with van der Waals surface area (Å²) in [4.78, 5) is 73.6. The molecule has 0 aliphatic heterocycles. The van der Waals surface area contributed by atoms with Crippen molar-refractivity contribution in [2.75, 3.05) is 18.6 Å². The van der Waals surface area contributed by atoms with Gasteiger partial charge in [0, 0.05) is 12.0 Å². The van der Waals surface area contributed by atoms with E-state index in [2.05, 4.69) is 21.3 Å². The number of nitrogens with one attached hydrogen (secondary N) is 4. The quantitative estimate of drug-likeness (QED) is 0.120. The molecule has 2 aromatic carbocycles. The van der Waals surface area contributed by atoms with E-state index >= 15 is 0 Å². The van der Waals surface area contributed by atoms with Gasteiger partial charge < -0.3 is 37.8 Å². The number of carboxylic acids is 1. The van der Waals surface area contributed by atoms with Crippen LogP contribution in [0, 0.1) is 0 Å². The first-order chi connectivity index (χ1) is 20.4. The Labute approximate surface area is 253 Å². The van der Waals surface area contributed by atoms with E-state index < -0.39 is 66.2 Å². The van der Waals surface area contributed by atoms with Crippen LogP contribution in [0.1, 0.15) is 34.8 Å². The average Bonchev–Trinajstić information content (AvgIpc) is 2.98. The molecule has 232 valence electrons. The fourth-order valence-electron chi connectivity index (χ4n) is 3.93. The number of nitrogens with two attached hydrogens (primary N) is 2. The van der Waals surface area contributed by atoms with Gasteiger partial charge in [0.25, 0.3) is 0 Å². The van der Waals surface area contributed by atoms with Gasteiger partial charge in [0.2, 0.25) is 29.5 Å². The number of amides is 5. The lowest BCUT2D eigenvalue weighted by Crippen LogP contribution is -2.55. The number of carbonyl (C=O) groups is 6. The van der Waals surface area contributed by atoms with Crippen LogP contribution in [0.15, 0.2) is 54.6 Å². The molecule has 0 heterocycles. The van der Waals surface area contributed by atoms with Crippen molar-refractivity contribution in [3.8, 4) is 0 Å². The molecule has 0 radical (unpaired) electrons.